The number of carbonyl (C=O) groups is 2. The van der Waals surface area contributed by atoms with Crippen molar-refractivity contribution in [3.8, 4) is 0 Å². The number of aliphatic carboxylic acids is 2. The lowest BCUT2D eigenvalue weighted by Crippen LogP contribution is -2.23. The van der Waals surface area contributed by atoms with Crippen molar-refractivity contribution in [2.24, 2.45) is 0 Å². The maximum Gasteiger partial charge on any atom is 0.344 e. The highest BCUT2D eigenvalue weighted by atomic mass is 33.1. The average molecular weight is 352 g/mol. The third-order valence-corrected chi connectivity index (χ3v) is 7.32. The second-order valence-corrected chi connectivity index (χ2v) is 10.3. The van der Waals surface area contributed by atoms with Crippen molar-refractivity contribution in [2.75, 3.05) is 0 Å². The minimum Gasteiger partial charge on any atom is -0.481 e. The summed E-state index contributed by atoms with van der Waals surface area (Å²) in [5.74, 6) is -6.40. The first kappa shape index (κ1) is 18.1. The molecule has 0 aliphatic carbocycles. The molecule has 3 N–H and O–H groups in total. The highest BCUT2D eigenvalue weighted by molar-refractivity contribution is 8.87. The number of carboxylic acid groups (broad SMARTS) is 2. The van der Waals surface area contributed by atoms with E-state index in [1.54, 1.807) is 30.3 Å². The van der Waals surface area contributed by atoms with E-state index < -0.39 is 30.2 Å². The Labute approximate surface area is 128 Å². The van der Waals surface area contributed by atoms with Crippen molar-refractivity contribution >= 4 is 40.8 Å². The Kier molecular flexibility index (Phi) is 7.27. The van der Waals surface area contributed by atoms with E-state index in [2.05, 4.69) is 0 Å². The first-order chi connectivity index (χ1) is 9.86. The normalized spacial score (nSPS) is 15.1. The van der Waals surface area contributed by atoms with Crippen LogP contribution in [0.5, 0.6) is 0 Å². The van der Waals surface area contributed by atoms with Gasteiger partial charge in [-0.2, -0.15) is 0 Å². The lowest BCUT2D eigenvalue weighted by Gasteiger charge is -2.18. The van der Waals surface area contributed by atoms with Crippen LogP contribution in [0.4, 0.5) is 0 Å². The van der Waals surface area contributed by atoms with Crippen LogP contribution in [0, 0.1) is 0 Å². The molecule has 0 aromatic heterocycles. The summed E-state index contributed by atoms with van der Waals surface area (Å²) in [6, 6.07) is 8.38. The molecule has 2 atom stereocenters. The van der Waals surface area contributed by atoms with Crippen molar-refractivity contribution in [2.45, 2.75) is 23.8 Å². The summed E-state index contributed by atoms with van der Waals surface area (Å²) in [5.41, 5.74) is 0. The average Bonchev–Trinajstić information content (AvgIpc) is 2.44. The molecule has 1 rings (SSSR count). The zero-order chi connectivity index (χ0) is 15.9. The Bertz CT molecular complexity index is 537. The smallest absolute Gasteiger partial charge is 0.344 e. The van der Waals surface area contributed by atoms with Crippen molar-refractivity contribution in [3.05, 3.63) is 30.3 Å². The zero-order valence-electron chi connectivity index (χ0n) is 10.6. The molecule has 21 heavy (non-hydrogen) atoms. The fourth-order valence-electron chi connectivity index (χ4n) is 1.30. The molecule has 1 aromatic carbocycles. The van der Waals surface area contributed by atoms with Gasteiger partial charge in [-0.15, -0.1) is 0 Å². The molecule has 0 saturated carbocycles. The molecule has 10 heteroatoms. The van der Waals surface area contributed by atoms with Crippen LogP contribution in [0.25, 0.3) is 0 Å². The van der Waals surface area contributed by atoms with E-state index in [4.69, 9.17) is 19.3 Å². The van der Waals surface area contributed by atoms with E-state index >= 15 is 0 Å². The van der Waals surface area contributed by atoms with Crippen LogP contribution in [-0.4, -0.2) is 32.8 Å². The van der Waals surface area contributed by atoms with Crippen molar-refractivity contribution in [1.82, 2.24) is 0 Å². The summed E-state index contributed by atoms with van der Waals surface area (Å²) in [6.07, 6.45) is -2.35. The fraction of sp³-hybridized carbons (Fsp3) is 0.273. The van der Waals surface area contributed by atoms with Gasteiger partial charge in [-0.25, -0.2) is 4.79 Å². The van der Waals surface area contributed by atoms with E-state index in [-0.39, 0.29) is 18.1 Å². The Hall–Kier alpha value is -0.990. The summed E-state index contributed by atoms with van der Waals surface area (Å²) in [4.78, 5) is 22.0. The molecule has 0 fully saturated rings. The Balaban J connectivity index is 2.79. The minimum atomic E-state index is -3.78. The van der Waals surface area contributed by atoms with Crippen LogP contribution in [0.2, 0.25) is 0 Å². The monoisotopic (exact) mass is 352 g/mol. The predicted molar refractivity (Wildman–Crippen MR) is 79.5 cm³/mol. The van der Waals surface area contributed by atoms with Crippen molar-refractivity contribution in [1.29, 1.82) is 0 Å². The summed E-state index contributed by atoms with van der Waals surface area (Å²) >= 11 is 0.639. The molecule has 0 aliphatic heterocycles. The molecule has 7 nitrogen and oxygen atoms in total. The SMILES string of the molecule is O=C(O)CCC(OP(=O)(SO)Sc1ccccc1)C(=O)O. The van der Waals surface area contributed by atoms with Gasteiger partial charge in [0.15, 0.2) is 6.10 Å². The zero-order valence-corrected chi connectivity index (χ0v) is 13.1. The molecule has 0 heterocycles. The van der Waals surface area contributed by atoms with E-state index in [0.717, 1.165) is 0 Å². The molecule has 0 spiro atoms. The molecule has 116 valence electrons. The van der Waals surface area contributed by atoms with E-state index in [9.17, 15) is 14.2 Å². The predicted octanol–water partition coefficient (Wildman–Crippen LogP) is 3.43. The van der Waals surface area contributed by atoms with Gasteiger partial charge in [0, 0.05) is 11.3 Å². The summed E-state index contributed by atoms with van der Waals surface area (Å²) in [7, 11) is 0. The number of hydrogen-bond donors (Lipinski definition) is 3. The first-order valence-corrected chi connectivity index (χ1v) is 10.1. The third-order valence-electron chi connectivity index (χ3n) is 2.21. The van der Waals surface area contributed by atoms with Crippen molar-refractivity contribution in [3.63, 3.8) is 0 Å². The van der Waals surface area contributed by atoms with E-state index in [1.807, 2.05) is 0 Å². The van der Waals surface area contributed by atoms with Crippen LogP contribution in [0.1, 0.15) is 12.8 Å². The van der Waals surface area contributed by atoms with Gasteiger partial charge in [0.1, 0.15) is 0 Å². The van der Waals surface area contributed by atoms with Gasteiger partial charge in [0.05, 0.1) is 11.7 Å². The lowest BCUT2D eigenvalue weighted by molar-refractivity contribution is -0.146. The maximum absolute atomic E-state index is 12.4. The molecule has 0 aliphatic rings. The van der Waals surface area contributed by atoms with Gasteiger partial charge in [-0.05, 0) is 29.9 Å². The van der Waals surface area contributed by atoms with E-state index in [0.29, 0.717) is 16.3 Å². The van der Waals surface area contributed by atoms with Gasteiger partial charge in [-0.3, -0.25) is 13.9 Å². The second kappa shape index (κ2) is 8.45. The largest absolute Gasteiger partial charge is 0.481 e. The molecule has 0 radical (unpaired) electrons. The molecular weight excluding hydrogens is 339 g/mol. The molecular formula is C11H13O7PS2. The number of hydrogen-bond acceptors (Lipinski definition) is 7. The van der Waals surface area contributed by atoms with Gasteiger partial charge >= 0.3 is 17.7 Å². The fourth-order valence-corrected chi connectivity index (χ4v) is 5.64. The van der Waals surface area contributed by atoms with Gasteiger partial charge in [-0.1, -0.05) is 18.2 Å². The third kappa shape index (κ3) is 6.54. The summed E-state index contributed by atoms with van der Waals surface area (Å²) in [5, 5.41) is 17.5. The first-order valence-electron chi connectivity index (χ1n) is 5.67. The standard InChI is InChI=1S/C11H13O7PS2/c12-10(13)7-6-9(11(14)15)18-19(16,21-17)20-8-4-2-1-3-5-8/h1-5,9,17H,6-7H2,(H,12,13)(H,14,15). The Morgan fingerprint density at radius 3 is 2.33 bits per heavy atom. The molecule has 0 saturated heterocycles. The Morgan fingerprint density at radius 2 is 1.86 bits per heavy atom. The highest BCUT2D eigenvalue weighted by Gasteiger charge is 2.33. The topological polar surface area (TPSA) is 121 Å². The molecule has 1 aromatic rings. The van der Waals surface area contributed by atoms with Crippen LogP contribution < -0.4 is 0 Å². The summed E-state index contributed by atoms with van der Waals surface area (Å²) < 4.78 is 26.5. The van der Waals surface area contributed by atoms with Crippen molar-refractivity contribution < 1.29 is 33.4 Å². The molecule has 0 bridgehead atoms. The maximum atomic E-state index is 12.4. The lowest BCUT2D eigenvalue weighted by atomic mass is 10.2. The number of rotatable bonds is 9. The van der Waals surface area contributed by atoms with Crippen LogP contribution in [0.15, 0.2) is 35.2 Å². The Morgan fingerprint density at radius 1 is 1.24 bits per heavy atom. The van der Waals surface area contributed by atoms with Crippen LogP contribution in [-0.2, 0) is 18.7 Å². The quantitative estimate of drug-likeness (QED) is 0.453. The summed E-state index contributed by atoms with van der Waals surface area (Å²) in [6.45, 7) is 0. The molecule has 0 amide bonds. The highest BCUT2D eigenvalue weighted by Crippen LogP contribution is 2.71. The van der Waals surface area contributed by atoms with Gasteiger partial charge < -0.3 is 14.8 Å². The van der Waals surface area contributed by atoms with E-state index in [1.165, 1.54) is 0 Å². The van der Waals surface area contributed by atoms with Gasteiger partial charge in [0.25, 0.3) is 0 Å². The second-order valence-electron chi connectivity index (χ2n) is 3.80. The van der Waals surface area contributed by atoms with Crippen LogP contribution in [0.3, 0.4) is 0 Å². The molecule has 2 unspecified atom stereocenters. The van der Waals surface area contributed by atoms with Crippen LogP contribution >= 0.6 is 28.8 Å². The number of benzene rings is 1. The van der Waals surface area contributed by atoms with Gasteiger partial charge in [0.2, 0.25) is 0 Å². The minimum absolute atomic E-state index is 0.0674. The number of carboxylic acids is 2.